The molecule has 9 heteroatoms. The van der Waals surface area contributed by atoms with Gasteiger partial charge in [-0.1, -0.05) is 6.07 Å². The summed E-state index contributed by atoms with van der Waals surface area (Å²) in [5, 5.41) is 0. The molecule has 0 saturated heterocycles. The minimum atomic E-state index is -0.635. The Morgan fingerprint density at radius 1 is 1.12 bits per heavy atom. The third kappa shape index (κ3) is 9.00. The van der Waals surface area contributed by atoms with Crippen LogP contribution in [0, 0.1) is 0 Å². The predicted molar refractivity (Wildman–Crippen MR) is 103 cm³/mol. The topological polar surface area (TPSA) is 92.8 Å². The van der Waals surface area contributed by atoms with Crippen molar-refractivity contribution in [2.75, 3.05) is 18.0 Å². The van der Waals surface area contributed by atoms with E-state index in [0.717, 1.165) is 0 Å². The molecule has 8 nitrogen and oxygen atoms in total. The van der Waals surface area contributed by atoms with Gasteiger partial charge in [-0.25, -0.2) is 20.0 Å². The van der Waals surface area contributed by atoms with Crippen LogP contribution in [0.15, 0.2) is 22.8 Å². The summed E-state index contributed by atoms with van der Waals surface area (Å²) in [5.41, 5.74) is 3.93. The van der Waals surface area contributed by atoms with Crippen LogP contribution in [0.1, 0.15) is 41.5 Å². The van der Waals surface area contributed by atoms with Crippen LogP contribution in [0.2, 0.25) is 0 Å². The van der Waals surface area contributed by atoms with Crippen molar-refractivity contribution in [1.82, 2.24) is 15.8 Å². The van der Waals surface area contributed by atoms with Crippen LogP contribution in [0.3, 0.4) is 0 Å². The molecule has 0 saturated carbocycles. The molecule has 0 aliphatic rings. The van der Waals surface area contributed by atoms with Gasteiger partial charge >= 0.3 is 12.2 Å². The quantitative estimate of drug-likeness (QED) is 0.420. The predicted octanol–water partition coefficient (Wildman–Crippen LogP) is 3.61. The van der Waals surface area contributed by atoms with Crippen LogP contribution in [0.4, 0.5) is 15.4 Å². The van der Waals surface area contributed by atoms with Crippen LogP contribution in [0.5, 0.6) is 0 Å². The SMILES string of the molecule is CC(C)(C)OC(=O)NNCCN(C(=O)OC(C)(C)C)c1cccc(Br)n1. The van der Waals surface area contributed by atoms with Gasteiger partial charge in [0, 0.05) is 13.1 Å². The smallest absolute Gasteiger partial charge is 0.422 e. The summed E-state index contributed by atoms with van der Waals surface area (Å²) in [6.07, 6.45) is -1.12. The molecule has 0 bridgehead atoms. The maximum Gasteiger partial charge on any atom is 0.422 e. The lowest BCUT2D eigenvalue weighted by Gasteiger charge is -2.27. The van der Waals surface area contributed by atoms with Crippen molar-refractivity contribution in [3.05, 3.63) is 22.8 Å². The minimum Gasteiger partial charge on any atom is -0.443 e. The molecular weight excluding hydrogens is 404 g/mol. The lowest BCUT2D eigenvalue weighted by Crippen LogP contribution is -2.46. The number of pyridine rings is 1. The Kier molecular flexibility index (Phi) is 7.83. The van der Waals surface area contributed by atoms with Gasteiger partial charge in [-0.15, -0.1) is 0 Å². The number of hydrogen-bond acceptors (Lipinski definition) is 6. The standard InChI is InChI=1S/C17H27BrN4O4/c1-16(2,3)25-14(23)21-19-10-11-22(15(24)26-17(4,5)6)13-9-7-8-12(18)20-13/h7-9,19H,10-11H2,1-6H3,(H,21,23). The Morgan fingerprint density at radius 2 is 1.73 bits per heavy atom. The second-order valence-corrected chi connectivity index (χ2v) is 8.32. The first-order valence-corrected chi connectivity index (χ1v) is 9.01. The summed E-state index contributed by atoms with van der Waals surface area (Å²) in [4.78, 5) is 29.8. The highest BCUT2D eigenvalue weighted by molar-refractivity contribution is 9.10. The van der Waals surface area contributed by atoms with E-state index in [1.54, 1.807) is 59.7 Å². The van der Waals surface area contributed by atoms with Crippen molar-refractivity contribution in [3.63, 3.8) is 0 Å². The van der Waals surface area contributed by atoms with Gasteiger partial charge in [-0.2, -0.15) is 0 Å². The van der Waals surface area contributed by atoms with Crippen LogP contribution < -0.4 is 15.8 Å². The van der Waals surface area contributed by atoms with Gasteiger partial charge in [0.2, 0.25) is 0 Å². The van der Waals surface area contributed by atoms with E-state index in [1.807, 2.05) is 0 Å². The summed E-state index contributed by atoms with van der Waals surface area (Å²) in [7, 11) is 0. The zero-order valence-corrected chi connectivity index (χ0v) is 17.6. The van der Waals surface area contributed by atoms with Gasteiger partial charge in [0.25, 0.3) is 0 Å². The number of ether oxygens (including phenoxy) is 2. The molecule has 0 unspecified atom stereocenters. The van der Waals surface area contributed by atoms with Gasteiger partial charge in [0.1, 0.15) is 21.6 Å². The summed E-state index contributed by atoms with van der Waals surface area (Å²) in [6.45, 7) is 11.2. The van der Waals surface area contributed by atoms with E-state index in [-0.39, 0.29) is 13.1 Å². The number of carbonyl (C=O) groups excluding carboxylic acids is 2. The first-order chi connectivity index (χ1) is 11.9. The number of carbonyl (C=O) groups is 2. The summed E-state index contributed by atoms with van der Waals surface area (Å²) in [6, 6.07) is 5.24. The molecule has 0 atom stereocenters. The number of nitrogens with zero attached hydrogens (tertiary/aromatic N) is 2. The van der Waals surface area contributed by atoms with E-state index in [0.29, 0.717) is 10.4 Å². The second-order valence-electron chi connectivity index (χ2n) is 7.50. The fourth-order valence-corrected chi connectivity index (χ4v) is 2.10. The van der Waals surface area contributed by atoms with Crippen molar-refractivity contribution in [3.8, 4) is 0 Å². The molecule has 2 N–H and O–H groups in total. The summed E-state index contributed by atoms with van der Waals surface area (Å²) >= 11 is 3.29. The Hall–Kier alpha value is -1.87. The second kappa shape index (κ2) is 9.18. The molecule has 1 aromatic heterocycles. The summed E-state index contributed by atoms with van der Waals surface area (Å²) < 4.78 is 11.2. The van der Waals surface area contributed by atoms with E-state index < -0.39 is 23.4 Å². The molecule has 0 fully saturated rings. The number of aromatic nitrogens is 1. The molecular formula is C17H27BrN4O4. The molecule has 0 aliphatic carbocycles. The zero-order valence-electron chi connectivity index (χ0n) is 16.1. The molecule has 146 valence electrons. The van der Waals surface area contributed by atoms with Crippen LogP contribution in [-0.4, -0.2) is 41.5 Å². The number of nitrogens with one attached hydrogen (secondary N) is 2. The van der Waals surface area contributed by atoms with Crippen molar-refractivity contribution in [1.29, 1.82) is 0 Å². The molecule has 2 amide bonds. The Morgan fingerprint density at radius 3 is 2.27 bits per heavy atom. The Bertz CT molecular complexity index is 626. The van der Waals surface area contributed by atoms with E-state index >= 15 is 0 Å². The highest BCUT2D eigenvalue weighted by Crippen LogP contribution is 2.18. The van der Waals surface area contributed by atoms with Crippen molar-refractivity contribution in [2.24, 2.45) is 0 Å². The van der Waals surface area contributed by atoms with Crippen molar-refractivity contribution < 1.29 is 19.1 Å². The molecule has 1 aromatic rings. The van der Waals surface area contributed by atoms with Gasteiger partial charge in [0.05, 0.1) is 0 Å². The molecule has 0 aromatic carbocycles. The number of anilines is 1. The largest absolute Gasteiger partial charge is 0.443 e. The van der Waals surface area contributed by atoms with Crippen LogP contribution in [-0.2, 0) is 9.47 Å². The van der Waals surface area contributed by atoms with Crippen molar-refractivity contribution >= 4 is 33.9 Å². The third-order valence-corrected chi connectivity index (χ3v) is 3.08. The molecule has 0 radical (unpaired) electrons. The fourth-order valence-electron chi connectivity index (χ4n) is 1.77. The number of hydrazine groups is 1. The van der Waals surface area contributed by atoms with Crippen molar-refractivity contribution in [2.45, 2.75) is 52.7 Å². The van der Waals surface area contributed by atoms with Crippen LogP contribution >= 0.6 is 15.9 Å². The lowest BCUT2D eigenvalue weighted by atomic mass is 10.2. The number of hydrogen-bond donors (Lipinski definition) is 2. The third-order valence-electron chi connectivity index (χ3n) is 2.64. The summed E-state index contributed by atoms with van der Waals surface area (Å²) in [5.74, 6) is 0.438. The number of amides is 2. The van der Waals surface area contributed by atoms with Gasteiger partial charge in [-0.05, 0) is 69.6 Å². The average molecular weight is 431 g/mol. The van der Waals surface area contributed by atoms with E-state index in [4.69, 9.17) is 9.47 Å². The molecule has 0 spiro atoms. The number of rotatable bonds is 5. The van der Waals surface area contributed by atoms with E-state index in [1.165, 1.54) is 4.90 Å². The highest BCUT2D eigenvalue weighted by Gasteiger charge is 2.24. The molecule has 26 heavy (non-hydrogen) atoms. The first-order valence-electron chi connectivity index (χ1n) is 8.22. The molecule has 1 rings (SSSR count). The maximum absolute atomic E-state index is 12.5. The lowest BCUT2D eigenvalue weighted by molar-refractivity contribution is 0.0499. The minimum absolute atomic E-state index is 0.230. The van der Waals surface area contributed by atoms with E-state index in [9.17, 15) is 9.59 Å². The number of halogens is 1. The Labute approximate surface area is 162 Å². The Balaban J connectivity index is 2.69. The van der Waals surface area contributed by atoms with Gasteiger partial charge < -0.3 is 9.47 Å². The zero-order chi connectivity index (χ0) is 20.0. The normalized spacial score (nSPS) is 11.7. The first kappa shape index (κ1) is 22.2. The molecule has 0 aliphatic heterocycles. The van der Waals surface area contributed by atoms with Crippen LogP contribution in [0.25, 0.3) is 0 Å². The van der Waals surface area contributed by atoms with Gasteiger partial charge in [-0.3, -0.25) is 10.3 Å². The monoisotopic (exact) mass is 430 g/mol. The van der Waals surface area contributed by atoms with Gasteiger partial charge in [0.15, 0.2) is 0 Å². The maximum atomic E-state index is 12.5. The average Bonchev–Trinajstić information content (AvgIpc) is 2.43. The highest BCUT2D eigenvalue weighted by atomic mass is 79.9. The molecule has 1 heterocycles. The fraction of sp³-hybridized carbons (Fsp3) is 0.588. The van der Waals surface area contributed by atoms with E-state index in [2.05, 4.69) is 31.8 Å².